The van der Waals surface area contributed by atoms with Crippen LogP contribution in [0, 0.1) is 13.8 Å². The number of aromatic nitrogens is 1. The molecule has 1 aromatic carbocycles. The Morgan fingerprint density at radius 2 is 2.00 bits per heavy atom. The predicted molar refractivity (Wildman–Crippen MR) is 91.3 cm³/mol. The zero-order valence-corrected chi connectivity index (χ0v) is 15.0. The Hall–Kier alpha value is -1.66. The highest BCUT2D eigenvalue weighted by atomic mass is 79.9. The molecule has 1 aromatic heterocycles. The number of carbonyl (C=O) groups is 1. The fourth-order valence-electron chi connectivity index (χ4n) is 2.86. The first kappa shape index (κ1) is 16.2. The third-order valence-electron chi connectivity index (χ3n) is 4.29. The molecule has 1 saturated heterocycles. The van der Waals surface area contributed by atoms with Gasteiger partial charge < -0.3 is 9.42 Å². The molecule has 1 amide bonds. The Kier molecular flexibility index (Phi) is 4.82. The molecule has 1 fully saturated rings. The van der Waals surface area contributed by atoms with Gasteiger partial charge in [0, 0.05) is 48.3 Å². The van der Waals surface area contributed by atoms with Gasteiger partial charge in [-0.25, -0.2) is 0 Å². The number of halogens is 1. The SMILES string of the molecule is Cc1noc(C)c1CN1CCN(C(=O)c2cccc(Br)c2)CC1. The molecule has 0 radical (unpaired) electrons. The van der Waals surface area contributed by atoms with E-state index in [1.165, 1.54) is 0 Å². The maximum atomic E-state index is 12.5. The molecular weight excluding hydrogens is 358 g/mol. The molecule has 2 aromatic rings. The lowest BCUT2D eigenvalue weighted by molar-refractivity contribution is 0.0627. The average Bonchev–Trinajstić information content (AvgIpc) is 2.87. The van der Waals surface area contributed by atoms with E-state index in [2.05, 4.69) is 26.0 Å². The molecule has 0 aliphatic carbocycles. The number of nitrogens with zero attached hydrogens (tertiary/aromatic N) is 3. The van der Waals surface area contributed by atoms with Crippen LogP contribution in [0.4, 0.5) is 0 Å². The van der Waals surface area contributed by atoms with E-state index in [0.717, 1.165) is 59.8 Å². The van der Waals surface area contributed by atoms with E-state index in [1.807, 2.05) is 43.0 Å². The Morgan fingerprint density at radius 1 is 1.26 bits per heavy atom. The zero-order valence-electron chi connectivity index (χ0n) is 13.4. The van der Waals surface area contributed by atoms with E-state index in [0.29, 0.717) is 0 Å². The van der Waals surface area contributed by atoms with Crippen LogP contribution in [-0.2, 0) is 6.54 Å². The van der Waals surface area contributed by atoms with E-state index in [-0.39, 0.29) is 5.91 Å². The van der Waals surface area contributed by atoms with Crippen molar-refractivity contribution in [3.8, 4) is 0 Å². The number of amides is 1. The van der Waals surface area contributed by atoms with Crippen LogP contribution >= 0.6 is 15.9 Å². The van der Waals surface area contributed by atoms with Gasteiger partial charge in [-0.1, -0.05) is 27.2 Å². The molecule has 5 nitrogen and oxygen atoms in total. The summed E-state index contributed by atoms with van der Waals surface area (Å²) in [5, 5.41) is 4.00. The fourth-order valence-corrected chi connectivity index (χ4v) is 3.26. The van der Waals surface area contributed by atoms with E-state index in [9.17, 15) is 4.79 Å². The number of carbonyl (C=O) groups excluding carboxylic acids is 1. The van der Waals surface area contributed by atoms with Gasteiger partial charge in [-0.05, 0) is 32.0 Å². The van der Waals surface area contributed by atoms with Crippen molar-refractivity contribution in [3.63, 3.8) is 0 Å². The van der Waals surface area contributed by atoms with Gasteiger partial charge in [0.1, 0.15) is 5.76 Å². The monoisotopic (exact) mass is 377 g/mol. The van der Waals surface area contributed by atoms with Crippen LogP contribution in [0.1, 0.15) is 27.4 Å². The van der Waals surface area contributed by atoms with Gasteiger partial charge in [-0.2, -0.15) is 0 Å². The van der Waals surface area contributed by atoms with Crippen molar-refractivity contribution in [2.75, 3.05) is 26.2 Å². The van der Waals surface area contributed by atoms with Crippen LogP contribution in [0.25, 0.3) is 0 Å². The minimum Gasteiger partial charge on any atom is -0.361 e. The van der Waals surface area contributed by atoms with Crippen LogP contribution in [0.2, 0.25) is 0 Å². The standard InChI is InChI=1S/C17H20BrN3O2/c1-12-16(13(2)23-19-12)11-20-6-8-21(9-7-20)17(22)14-4-3-5-15(18)10-14/h3-5,10H,6-9,11H2,1-2H3. The van der Waals surface area contributed by atoms with Crippen LogP contribution in [0.3, 0.4) is 0 Å². The Bertz CT molecular complexity index is 686. The maximum absolute atomic E-state index is 12.5. The second kappa shape index (κ2) is 6.84. The number of rotatable bonds is 3. The Balaban J connectivity index is 1.59. The summed E-state index contributed by atoms with van der Waals surface area (Å²) in [6.07, 6.45) is 0. The summed E-state index contributed by atoms with van der Waals surface area (Å²) in [6.45, 7) is 7.97. The topological polar surface area (TPSA) is 49.6 Å². The molecule has 1 aliphatic heterocycles. The van der Waals surface area contributed by atoms with Gasteiger partial charge in [0.05, 0.1) is 5.69 Å². The molecule has 6 heteroatoms. The van der Waals surface area contributed by atoms with Crippen molar-refractivity contribution in [3.05, 3.63) is 51.3 Å². The lowest BCUT2D eigenvalue weighted by Crippen LogP contribution is -2.48. The number of piperazine rings is 1. The van der Waals surface area contributed by atoms with Crippen LogP contribution in [0.15, 0.2) is 33.3 Å². The smallest absolute Gasteiger partial charge is 0.253 e. The first-order chi connectivity index (χ1) is 11.0. The summed E-state index contributed by atoms with van der Waals surface area (Å²) >= 11 is 3.42. The zero-order chi connectivity index (χ0) is 16.4. The van der Waals surface area contributed by atoms with Gasteiger partial charge in [0.15, 0.2) is 0 Å². The summed E-state index contributed by atoms with van der Waals surface area (Å²) in [5.41, 5.74) is 2.85. The minimum absolute atomic E-state index is 0.100. The highest BCUT2D eigenvalue weighted by Crippen LogP contribution is 2.18. The highest BCUT2D eigenvalue weighted by molar-refractivity contribution is 9.10. The first-order valence-corrected chi connectivity index (χ1v) is 8.53. The van der Waals surface area contributed by atoms with Crippen LogP contribution in [-0.4, -0.2) is 47.0 Å². The third kappa shape index (κ3) is 3.64. The molecule has 122 valence electrons. The van der Waals surface area contributed by atoms with Crippen LogP contribution < -0.4 is 0 Å². The lowest BCUT2D eigenvalue weighted by atomic mass is 10.1. The van der Waals surface area contributed by atoms with Gasteiger partial charge in [-0.15, -0.1) is 0 Å². The Morgan fingerprint density at radius 3 is 2.61 bits per heavy atom. The summed E-state index contributed by atoms with van der Waals surface area (Å²) in [7, 11) is 0. The molecule has 3 rings (SSSR count). The summed E-state index contributed by atoms with van der Waals surface area (Å²) < 4.78 is 6.15. The molecule has 0 N–H and O–H groups in total. The second-order valence-corrected chi connectivity index (χ2v) is 6.80. The molecule has 0 unspecified atom stereocenters. The molecule has 0 atom stereocenters. The molecule has 0 saturated carbocycles. The fraction of sp³-hybridized carbons (Fsp3) is 0.412. The second-order valence-electron chi connectivity index (χ2n) is 5.88. The summed E-state index contributed by atoms with van der Waals surface area (Å²) in [4.78, 5) is 16.8. The van der Waals surface area contributed by atoms with Crippen molar-refractivity contribution in [1.29, 1.82) is 0 Å². The summed E-state index contributed by atoms with van der Waals surface area (Å²) in [6, 6.07) is 7.56. The molecular formula is C17H20BrN3O2. The van der Waals surface area contributed by atoms with E-state index in [4.69, 9.17) is 4.52 Å². The maximum Gasteiger partial charge on any atom is 0.253 e. The minimum atomic E-state index is 0.100. The lowest BCUT2D eigenvalue weighted by Gasteiger charge is -2.34. The van der Waals surface area contributed by atoms with Gasteiger partial charge in [-0.3, -0.25) is 9.69 Å². The van der Waals surface area contributed by atoms with Gasteiger partial charge in [0.25, 0.3) is 5.91 Å². The Labute approximate surface area is 144 Å². The highest BCUT2D eigenvalue weighted by Gasteiger charge is 2.23. The average molecular weight is 378 g/mol. The van der Waals surface area contributed by atoms with Gasteiger partial charge >= 0.3 is 0 Å². The number of aryl methyl sites for hydroxylation is 2. The largest absolute Gasteiger partial charge is 0.361 e. The number of hydrogen-bond acceptors (Lipinski definition) is 4. The first-order valence-electron chi connectivity index (χ1n) is 7.73. The van der Waals surface area contributed by atoms with Gasteiger partial charge in [0.2, 0.25) is 0 Å². The summed E-state index contributed by atoms with van der Waals surface area (Å²) in [5.74, 6) is 0.985. The van der Waals surface area contributed by atoms with Crippen molar-refractivity contribution >= 4 is 21.8 Å². The van der Waals surface area contributed by atoms with Crippen molar-refractivity contribution in [1.82, 2.24) is 15.0 Å². The normalized spacial score (nSPS) is 15.9. The van der Waals surface area contributed by atoms with Crippen molar-refractivity contribution in [2.45, 2.75) is 20.4 Å². The van der Waals surface area contributed by atoms with Crippen LogP contribution in [0.5, 0.6) is 0 Å². The third-order valence-corrected chi connectivity index (χ3v) is 4.79. The number of hydrogen-bond donors (Lipinski definition) is 0. The van der Waals surface area contributed by atoms with Crippen molar-refractivity contribution < 1.29 is 9.32 Å². The molecule has 1 aliphatic rings. The van der Waals surface area contributed by atoms with E-state index in [1.54, 1.807) is 0 Å². The molecule has 0 spiro atoms. The number of benzene rings is 1. The quantitative estimate of drug-likeness (QED) is 0.824. The molecule has 2 heterocycles. The molecule has 23 heavy (non-hydrogen) atoms. The van der Waals surface area contributed by atoms with E-state index >= 15 is 0 Å². The van der Waals surface area contributed by atoms with E-state index < -0.39 is 0 Å². The molecule has 0 bridgehead atoms. The van der Waals surface area contributed by atoms with Crippen molar-refractivity contribution in [2.24, 2.45) is 0 Å². The predicted octanol–water partition coefficient (Wildman–Crippen LogP) is 3.01.